The number of rotatable bonds is 3. The maximum absolute atomic E-state index is 11.1. The molecule has 0 spiro atoms. The van der Waals surface area contributed by atoms with E-state index >= 15 is 0 Å². The zero-order valence-corrected chi connectivity index (χ0v) is 11.9. The summed E-state index contributed by atoms with van der Waals surface area (Å²) in [7, 11) is 0. The predicted octanol–water partition coefficient (Wildman–Crippen LogP) is 3.94. The SMILES string of the molecule is CCn1c(C(=O)O)ccc1-c1ccc(C)cc1Br. The molecule has 0 fully saturated rings. The molecule has 0 aliphatic carbocycles. The molecule has 2 aromatic rings. The van der Waals surface area contributed by atoms with Gasteiger partial charge in [-0.25, -0.2) is 4.79 Å². The van der Waals surface area contributed by atoms with Crippen LogP contribution in [0.3, 0.4) is 0 Å². The number of hydrogen-bond acceptors (Lipinski definition) is 1. The van der Waals surface area contributed by atoms with Gasteiger partial charge >= 0.3 is 5.97 Å². The highest BCUT2D eigenvalue weighted by Crippen LogP contribution is 2.30. The lowest BCUT2D eigenvalue weighted by Crippen LogP contribution is -2.08. The molecule has 4 heteroatoms. The van der Waals surface area contributed by atoms with Crippen molar-refractivity contribution >= 4 is 21.9 Å². The Balaban J connectivity index is 2.60. The van der Waals surface area contributed by atoms with Gasteiger partial charge in [0.1, 0.15) is 5.69 Å². The molecule has 0 saturated carbocycles. The number of carboxylic acids is 1. The average Bonchev–Trinajstić information content (AvgIpc) is 2.72. The number of carboxylic acid groups (broad SMARTS) is 1. The lowest BCUT2D eigenvalue weighted by molar-refractivity contribution is 0.0685. The van der Waals surface area contributed by atoms with E-state index in [0.29, 0.717) is 12.2 Å². The zero-order chi connectivity index (χ0) is 13.3. The highest BCUT2D eigenvalue weighted by atomic mass is 79.9. The van der Waals surface area contributed by atoms with Gasteiger partial charge in [0.2, 0.25) is 0 Å². The quantitative estimate of drug-likeness (QED) is 0.933. The summed E-state index contributed by atoms with van der Waals surface area (Å²) < 4.78 is 2.78. The lowest BCUT2D eigenvalue weighted by atomic mass is 10.1. The molecule has 2 rings (SSSR count). The third-order valence-electron chi connectivity index (χ3n) is 2.92. The molecule has 0 saturated heterocycles. The summed E-state index contributed by atoms with van der Waals surface area (Å²) in [5.74, 6) is -0.897. The Kier molecular flexibility index (Phi) is 3.57. The third kappa shape index (κ3) is 2.20. The van der Waals surface area contributed by atoms with Gasteiger partial charge in [0.25, 0.3) is 0 Å². The number of carbonyl (C=O) groups is 1. The van der Waals surface area contributed by atoms with Gasteiger partial charge in [0, 0.05) is 22.3 Å². The van der Waals surface area contributed by atoms with E-state index in [9.17, 15) is 4.79 Å². The summed E-state index contributed by atoms with van der Waals surface area (Å²) >= 11 is 3.53. The second-order valence-electron chi connectivity index (χ2n) is 4.14. The smallest absolute Gasteiger partial charge is 0.352 e. The minimum absolute atomic E-state index is 0.319. The fourth-order valence-corrected chi connectivity index (χ4v) is 2.75. The van der Waals surface area contributed by atoms with Crippen LogP contribution in [0.1, 0.15) is 23.0 Å². The van der Waals surface area contributed by atoms with E-state index in [4.69, 9.17) is 5.11 Å². The van der Waals surface area contributed by atoms with Crippen LogP contribution in [0.5, 0.6) is 0 Å². The standard InChI is InChI=1S/C14H14BrNO2/c1-3-16-12(6-7-13(16)14(17)18)10-5-4-9(2)8-11(10)15/h4-8H,3H2,1-2H3,(H,17,18). The number of aryl methyl sites for hydroxylation is 1. The molecule has 94 valence electrons. The maximum atomic E-state index is 11.1. The highest BCUT2D eigenvalue weighted by molar-refractivity contribution is 9.10. The Morgan fingerprint density at radius 2 is 2.06 bits per heavy atom. The van der Waals surface area contributed by atoms with Crippen molar-refractivity contribution in [2.24, 2.45) is 0 Å². The Morgan fingerprint density at radius 1 is 1.33 bits per heavy atom. The molecular formula is C14H14BrNO2. The van der Waals surface area contributed by atoms with E-state index in [1.54, 1.807) is 10.6 Å². The fourth-order valence-electron chi connectivity index (χ4n) is 2.06. The monoisotopic (exact) mass is 307 g/mol. The number of nitrogens with zero attached hydrogens (tertiary/aromatic N) is 1. The highest BCUT2D eigenvalue weighted by Gasteiger charge is 2.15. The van der Waals surface area contributed by atoms with E-state index < -0.39 is 5.97 Å². The van der Waals surface area contributed by atoms with E-state index in [0.717, 1.165) is 15.7 Å². The fraction of sp³-hybridized carbons (Fsp3) is 0.214. The van der Waals surface area contributed by atoms with Crippen molar-refractivity contribution in [3.05, 3.63) is 46.1 Å². The summed E-state index contributed by atoms with van der Waals surface area (Å²) in [6.07, 6.45) is 0. The molecule has 0 amide bonds. The van der Waals surface area contributed by atoms with Crippen LogP contribution < -0.4 is 0 Å². The molecule has 0 radical (unpaired) electrons. The van der Waals surface area contributed by atoms with Crippen LogP contribution in [0.4, 0.5) is 0 Å². The first-order valence-electron chi connectivity index (χ1n) is 5.74. The summed E-state index contributed by atoms with van der Waals surface area (Å²) in [6, 6.07) is 9.55. The van der Waals surface area contributed by atoms with Gasteiger partial charge in [-0.2, -0.15) is 0 Å². The molecule has 1 heterocycles. The van der Waals surface area contributed by atoms with Crippen LogP contribution in [0.2, 0.25) is 0 Å². The van der Waals surface area contributed by atoms with Crippen molar-refractivity contribution in [2.45, 2.75) is 20.4 Å². The van der Waals surface area contributed by atoms with Crippen LogP contribution in [0.25, 0.3) is 11.3 Å². The maximum Gasteiger partial charge on any atom is 0.352 e. The summed E-state index contributed by atoms with van der Waals surface area (Å²) in [5.41, 5.74) is 3.41. The van der Waals surface area contributed by atoms with Crippen LogP contribution in [0, 0.1) is 6.92 Å². The van der Waals surface area contributed by atoms with Crippen molar-refractivity contribution in [3.63, 3.8) is 0 Å². The van der Waals surface area contributed by atoms with Gasteiger partial charge in [-0.1, -0.05) is 28.1 Å². The van der Waals surface area contributed by atoms with Crippen molar-refractivity contribution < 1.29 is 9.90 Å². The van der Waals surface area contributed by atoms with Gasteiger partial charge in [0.05, 0.1) is 0 Å². The molecule has 1 N–H and O–H groups in total. The van der Waals surface area contributed by atoms with E-state index in [2.05, 4.69) is 15.9 Å². The first-order valence-corrected chi connectivity index (χ1v) is 6.53. The zero-order valence-electron chi connectivity index (χ0n) is 10.3. The van der Waals surface area contributed by atoms with Crippen molar-refractivity contribution in [1.82, 2.24) is 4.57 Å². The van der Waals surface area contributed by atoms with Gasteiger partial charge in [0.15, 0.2) is 0 Å². The minimum atomic E-state index is -0.897. The number of benzene rings is 1. The van der Waals surface area contributed by atoms with Gasteiger partial charge in [-0.3, -0.25) is 0 Å². The first kappa shape index (κ1) is 12.9. The summed E-state index contributed by atoms with van der Waals surface area (Å²) in [4.78, 5) is 11.1. The molecule has 1 aromatic heterocycles. The van der Waals surface area contributed by atoms with Crippen LogP contribution in [-0.4, -0.2) is 15.6 Å². The van der Waals surface area contributed by atoms with Crippen LogP contribution in [0.15, 0.2) is 34.8 Å². The molecular weight excluding hydrogens is 294 g/mol. The summed E-state index contributed by atoms with van der Waals surface area (Å²) in [5, 5.41) is 9.14. The molecule has 0 atom stereocenters. The number of hydrogen-bond donors (Lipinski definition) is 1. The second-order valence-corrected chi connectivity index (χ2v) is 4.99. The molecule has 0 bridgehead atoms. The Labute approximate surface area is 114 Å². The summed E-state index contributed by atoms with van der Waals surface area (Å²) in [6.45, 7) is 4.60. The third-order valence-corrected chi connectivity index (χ3v) is 3.57. The lowest BCUT2D eigenvalue weighted by Gasteiger charge is -2.11. The first-order chi connectivity index (χ1) is 8.54. The van der Waals surface area contributed by atoms with Crippen molar-refractivity contribution in [2.75, 3.05) is 0 Å². The van der Waals surface area contributed by atoms with Gasteiger partial charge in [-0.15, -0.1) is 0 Å². The second kappa shape index (κ2) is 4.98. The van der Waals surface area contributed by atoms with E-state index in [-0.39, 0.29) is 0 Å². The van der Waals surface area contributed by atoms with E-state index in [1.165, 1.54) is 5.56 Å². The number of halogens is 1. The molecule has 0 aliphatic heterocycles. The largest absolute Gasteiger partial charge is 0.477 e. The molecule has 18 heavy (non-hydrogen) atoms. The molecule has 0 aliphatic rings. The number of aromatic carboxylic acids is 1. The van der Waals surface area contributed by atoms with Crippen molar-refractivity contribution in [3.8, 4) is 11.3 Å². The molecule has 3 nitrogen and oxygen atoms in total. The molecule has 1 aromatic carbocycles. The van der Waals surface area contributed by atoms with Gasteiger partial charge in [-0.05, 0) is 37.6 Å². The Bertz CT molecular complexity index is 602. The average molecular weight is 308 g/mol. The predicted molar refractivity (Wildman–Crippen MR) is 74.9 cm³/mol. The van der Waals surface area contributed by atoms with Crippen molar-refractivity contribution in [1.29, 1.82) is 0 Å². The van der Waals surface area contributed by atoms with E-state index in [1.807, 2.05) is 38.1 Å². The van der Waals surface area contributed by atoms with Crippen LogP contribution >= 0.6 is 15.9 Å². The number of aromatic nitrogens is 1. The molecule has 0 unspecified atom stereocenters. The minimum Gasteiger partial charge on any atom is -0.477 e. The normalized spacial score (nSPS) is 10.6. The Hall–Kier alpha value is -1.55. The Morgan fingerprint density at radius 3 is 2.61 bits per heavy atom. The van der Waals surface area contributed by atoms with Gasteiger partial charge < -0.3 is 9.67 Å². The van der Waals surface area contributed by atoms with Crippen LogP contribution in [-0.2, 0) is 6.54 Å². The topological polar surface area (TPSA) is 42.2 Å².